The van der Waals surface area contributed by atoms with Crippen LogP contribution in [0.4, 0.5) is 0 Å². The molecule has 8 rings (SSSR count). The Hall–Kier alpha value is -0.880. The van der Waals surface area contributed by atoms with Crippen molar-refractivity contribution in [3.63, 3.8) is 0 Å². The fourth-order valence-electron chi connectivity index (χ4n) is 10.1. The van der Waals surface area contributed by atoms with Crippen LogP contribution in [-0.4, -0.2) is 75.4 Å². The molecule has 234 valence electrons. The molecule has 0 radical (unpaired) electrons. The van der Waals surface area contributed by atoms with Gasteiger partial charge in [-0.25, -0.2) is 0 Å². The summed E-state index contributed by atoms with van der Waals surface area (Å²) in [5.41, 5.74) is 1.68. The Kier molecular flexibility index (Phi) is 7.40. The number of ether oxygens (including phenoxy) is 1. The van der Waals surface area contributed by atoms with Gasteiger partial charge in [0.25, 0.3) is 0 Å². The average molecular weight is 600 g/mol. The van der Waals surface area contributed by atoms with Crippen molar-refractivity contribution < 1.29 is 9.84 Å². The summed E-state index contributed by atoms with van der Waals surface area (Å²) in [7, 11) is 0. The highest BCUT2D eigenvalue weighted by Gasteiger charge is 2.85. The van der Waals surface area contributed by atoms with Crippen molar-refractivity contribution >= 4 is 11.9 Å². The molecule has 7 aliphatic rings. The van der Waals surface area contributed by atoms with Crippen LogP contribution < -0.4 is 25.4 Å². The highest BCUT2D eigenvalue weighted by molar-refractivity contribution is 7.98. The molecule has 1 aromatic heterocycles. The van der Waals surface area contributed by atoms with Crippen molar-refractivity contribution in [1.29, 1.82) is 0 Å². The zero-order valence-electron chi connectivity index (χ0n) is 25.7. The lowest BCUT2D eigenvalue weighted by Gasteiger charge is -2.47. The summed E-state index contributed by atoms with van der Waals surface area (Å²) in [6.07, 6.45) is 17.1. The average Bonchev–Trinajstić information content (AvgIpc) is 3.92. The molecule has 42 heavy (non-hydrogen) atoms. The van der Waals surface area contributed by atoms with Gasteiger partial charge in [-0.15, -0.1) is 5.10 Å². The van der Waals surface area contributed by atoms with E-state index in [0.29, 0.717) is 23.4 Å². The number of fused-ring (bicyclic) bond motifs is 7. The Bertz CT molecular complexity index is 1100. The maximum atomic E-state index is 10.5. The SMILES string of the molecule is CC1(C)C[C@@H]2CCCNC3NC(CCC3O)SNCC3CCC(n4ccc(OCCC5C6(CC6)C56CC6)n4)NC3N1C2. The van der Waals surface area contributed by atoms with Gasteiger partial charge < -0.3 is 9.84 Å². The van der Waals surface area contributed by atoms with Crippen LogP contribution in [0, 0.1) is 28.6 Å². The van der Waals surface area contributed by atoms with E-state index in [4.69, 9.17) is 9.84 Å². The van der Waals surface area contributed by atoms with Crippen molar-refractivity contribution in [2.24, 2.45) is 28.6 Å². The van der Waals surface area contributed by atoms with Gasteiger partial charge >= 0.3 is 0 Å². The smallest absolute Gasteiger partial charge is 0.232 e. The van der Waals surface area contributed by atoms with Crippen molar-refractivity contribution in [1.82, 2.24) is 35.4 Å². The van der Waals surface area contributed by atoms with Crippen LogP contribution >= 0.6 is 11.9 Å². The molecule has 8 atom stereocenters. The molecule has 5 N–H and O–H groups in total. The number of piperidine rings is 2. The van der Waals surface area contributed by atoms with Crippen LogP contribution in [0.15, 0.2) is 12.3 Å². The summed E-state index contributed by atoms with van der Waals surface area (Å²) in [5, 5.41) is 27.1. The number of aliphatic hydroxyl groups excluding tert-OH is 1. The molecule has 4 saturated heterocycles. The fraction of sp³-hybridized carbons (Fsp3) is 0.906. The Morgan fingerprint density at radius 2 is 1.90 bits per heavy atom. The molecular weight excluding hydrogens is 546 g/mol. The lowest BCUT2D eigenvalue weighted by Crippen LogP contribution is -2.60. The van der Waals surface area contributed by atoms with Gasteiger partial charge in [0.1, 0.15) is 6.17 Å². The molecule has 0 amide bonds. The normalized spacial score (nSPS) is 42.0. The van der Waals surface area contributed by atoms with Crippen LogP contribution in [0.3, 0.4) is 0 Å². The van der Waals surface area contributed by atoms with Gasteiger partial charge in [-0.3, -0.25) is 30.3 Å². The van der Waals surface area contributed by atoms with E-state index in [1.807, 2.05) is 11.9 Å². The molecule has 7 unspecified atom stereocenters. The highest BCUT2D eigenvalue weighted by atomic mass is 32.2. The number of nitrogens with one attached hydrogen (secondary N) is 4. The second-order valence-corrected chi connectivity index (χ2v) is 16.6. The second kappa shape index (κ2) is 10.9. The van der Waals surface area contributed by atoms with Gasteiger partial charge in [-0.2, -0.15) is 0 Å². The van der Waals surface area contributed by atoms with Gasteiger partial charge in [0.15, 0.2) is 0 Å². The van der Waals surface area contributed by atoms with E-state index in [1.54, 1.807) is 0 Å². The molecule has 10 heteroatoms. The largest absolute Gasteiger partial charge is 0.477 e. The maximum Gasteiger partial charge on any atom is 0.232 e. The van der Waals surface area contributed by atoms with Crippen molar-refractivity contribution in [3.05, 3.63) is 12.3 Å². The van der Waals surface area contributed by atoms with E-state index in [9.17, 15) is 5.11 Å². The summed E-state index contributed by atoms with van der Waals surface area (Å²) in [6, 6.07) is 2.07. The number of hydrogen-bond donors (Lipinski definition) is 5. The van der Waals surface area contributed by atoms with Crippen LogP contribution in [0.25, 0.3) is 0 Å². The first-order valence-corrected chi connectivity index (χ1v) is 18.0. The van der Waals surface area contributed by atoms with E-state index in [2.05, 4.69) is 56.4 Å². The third kappa shape index (κ3) is 5.14. The Morgan fingerprint density at radius 3 is 2.71 bits per heavy atom. The molecule has 3 saturated carbocycles. The number of aliphatic hydroxyl groups is 1. The van der Waals surface area contributed by atoms with Crippen molar-refractivity contribution in [2.75, 3.05) is 26.2 Å². The summed E-state index contributed by atoms with van der Waals surface area (Å²) in [4.78, 5) is 2.78. The maximum absolute atomic E-state index is 10.5. The van der Waals surface area contributed by atoms with Gasteiger partial charge in [-0.1, -0.05) is 11.9 Å². The number of nitrogens with zero attached hydrogens (tertiary/aromatic N) is 3. The van der Waals surface area contributed by atoms with Gasteiger partial charge in [0.2, 0.25) is 5.88 Å². The second-order valence-electron chi connectivity index (χ2n) is 15.5. The lowest BCUT2D eigenvalue weighted by molar-refractivity contribution is 0.00922. The van der Waals surface area contributed by atoms with E-state index >= 15 is 0 Å². The fourth-order valence-corrected chi connectivity index (χ4v) is 11.1. The van der Waals surface area contributed by atoms with E-state index < -0.39 is 0 Å². The minimum absolute atomic E-state index is 0.00845. The summed E-state index contributed by atoms with van der Waals surface area (Å²) >= 11 is 1.81. The predicted molar refractivity (Wildman–Crippen MR) is 166 cm³/mol. The molecular formula is C32H53N7O2S. The van der Waals surface area contributed by atoms with E-state index in [-0.39, 0.29) is 24.0 Å². The first-order chi connectivity index (χ1) is 20.4. The molecule has 5 heterocycles. The number of aromatic nitrogens is 2. The van der Waals surface area contributed by atoms with Gasteiger partial charge in [0, 0.05) is 36.8 Å². The number of rotatable bonds is 5. The standard InChI is InChI=1S/C32H53N7O2S/c1-30(2)18-21-4-3-15-33-28-23(40)6-8-27(36-28)42-34-19-22-5-7-25(35-29(22)38(30)20-21)39-16-9-26(37-39)41-17-10-24-31(11-12-31)32(24)13-14-32/h9,16,21-25,27-29,33-36,40H,3-8,10-15,17-20H2,1-2H3/t21-,22?,23?,25?,27?,28?,29?/m0/s1. The van der Waals surface area contributed by atoms with Gasteiger partial charge in [-0.05, 0) is 120 Å². The molecule has 4 aliphatic heterocycles. The predicted octanol–water partition coefficient (Wildman–Crippen LogP) is 3.78. The molecule has 3 aliphatic carbocycles. The molecule has 1 aromatic rings. The van der Waals surface area contributed by atoms with Crippen LogP contribution in [0.5, 0.6) is 5.88 Å². The van der Waals surface area contributed by atoms with Crippen LogP contribution in [0.1, 0.15) is 97.1 Å². The monoisotopic (exact) mass is 599 g/mol. The summed E-state index contributed by atoms with van der Waals surface area (Å²) < 4.78 is 12.1. The van der Waals surface area contributed by atoms with E-state index in [1.165, 1.54) is 44.9 Å². The molecule has 4 bridgehead atoms. The zero-order chi connectivity index (χ0) is 28.5. The first-order valence-electron chi connectivity index (χ1n) is 17.1. The Balaban J connectivity index is 0.926. The summed E-state index contributed by atoms with van der Waals surface area (Å²) in [5.74, 6) is 2.94. The summed E-state index contributed by atoms with van der Waals surface area (Å²) in [6.45, 7) is 8.77. The topological polar surface area (TPSA) is 98.6 Å². The Labute approximate surface area is 256 Å². The Morgan fingerprint density at radius 1 is 1.07 bits per heavy atom. The van der Waals surface area contributed by atoms with Crippen LogP contribution in [0.2, 0.25) is 0 Å². The molecule has 9 nitrogen and oxygen atoms in total. The third-order valence-electron chi connectivity index (χ3n) is 12.6. The highest BCUT2D eigenvalue weighted by Crippen LogP contribution is 2.93. The van der Waals surface area contributed by atoms with E-state index in [0.717, 1.165) is 81.0 Å². The minimum Gasteiger partial charge on any atom is -0.477 e. The molecule has 0 aromatic carbocycles. The number of hydrogen-bond acceptors (Lipinski definition) is 9. The van der Waals surface area contributed by atoms with Crippen LogP contribution in [-0.2, 0) is 0 Å². The first kappa shape index (κ1) is 28.6. The molecule has 2 spiro atoms. The quantitative estimate of drug-likeness (QED) is 0.324. The van der Waals surface area contributed by atoms with Crippen molar-refractivity contribution in [3.8, 4) is 5.88 Å². The van der Waals surface area contributed by atoms with Gasteiger partial charge in [0.05, 0.1) is 30.4 Å². The zero-order valence-corrected chi connectivity index (χ0v) is 26.5. The molecule has 7 fully saturated rings. The lowest BCUT2D eigenvalue weighted by atomic mass is 9.90. The minimum atomic E-state index is -0.307. The van der Waals surface area contributed by atoms with Crippen molar-refractivity contribution in [2.45, 2.75) is 126 Å². The third-order valence-corrected chi connectivity index (χ3v) is 13.5.